The molecule has 0 bridgehead atoms. The summed E-state index contributed by atoms with van der Waals surface area (Å²) in [5.41, 5.74) is 1.31. The molecule has 0 fully saturated rings. The third-order valence-corrected chi connectivity index (χ3v) is 4.66. The Labute approximate surface area is 150 Å². The van der Waals surface area contributed by atoms with Gasteiger partial charge in [-0.25, -0.2) is 4.98 Å². The molecule has 2 aromatic heterocycles. The normalized spacial score (nSPS) is 11.4. The van der Waals surface area contributed by atoms with Crippen molar-refractivity contribution in [2.75, 3.05) is 0 Å². The maximum atomic E-state index is 12.2. The zero-order valence-corrected chi connectivity index (χ0v) is 14.4. The van der Waals surface area contributed by atoms with E-state index in [4.69, 9.17) is 28.3 Å². The molecule has 0 atom stereocenters. The van der Waals surface area contributed by atoms with E-state index >= 15 is 0 Å². The summed E-state index contributed by atoms with van der Waals surface area (Å²) in [6.45, 7) is 0. The highest BCUT2D eigenvalue weighted by Crippen LogP contribution is 2.22. The van der Waals surface area contributed by atoms with E-state index < -0.39 is 5.97 Å². The first-order chi connectivity index (χ1) is 11.4. The summed E-state index contributed by atoms with van der Waals surface area (Å²) in [6.07, 6.45) is 3.19. The Bertz CT molecular complexity index is 1020. The number of carbonyl (C=O) groups is 1. The zero-order chi connectivity index (χ0) is 17.3. The van der Waals surface area contributed by atoms with E-state index in [1.165, 1.54) is 21.8 Å². The molecular formula is C16H10Cl2N2O3S. The van der Waals surface area contributed by atoms with Crippen LogP contribution in [-0.4, -0.2) is 20.5 Å². The number of carboxylic acid groups (broad SMARTS) is 1. The average molecular weight is 381 g/mol. The fraction of sp³-hybridized carbons (Fsp3) is 0.0625. The Morgan fingerprint density at radius 2 is 2.08 bits per heavy atom. The highest BCUT2D eigenvalue weighted by molar-refractivity contribution is 7.15. The summed E-state index contributed by atoms with van der Waals surface area (Å²) in [5, 5.41) is 11.5. The first kappa shape index (κ1) is 16.7. The van der Waals surface area contributed by atoms with Crippen LogP contribution in [0.2, 0.25) is 10.0 Å². The van der Waals surface area contributed by atoms with Crippen LogP contribution in [0, 0.1) is 0 Å². The van der Waals surface area contributed by atoms with Crippen LogP contribution in [0.4, 0.5) is 0 Å². The number of carboxylic acids is 1. The van der Waals surface area contributed by atoms with E-state index in [2.05, 4.69) is 4.98 Å². The summed E-state index contributed by atoms with van der Waals surface area (Å²) in [5.74, 6) is -0.997. The van der Waals surface area contributed by atoms with Gasteiger partial charge in [0.2, 0.25) is 0 Å². The fourth-order valence-electron chi connectivity index (χ4n) is 2.17. The molecule has 1 aromatic carbocycles. The van der Waals surface area contributed by atoms with Crippen LogP contribution in [0.3, 0.4) is 0 Å². The van der Waals surface area contributed by atoms with Crippen molar-refractivity contribution in [2.24, 2.45) is 0 Å². The van der Waals surface area contributed by atoms with E-state index in [-0.39, 0.29) is 12.0 Å². The van der Waals surface area contributed by atoms with Gasteiger partial charge in [0.1, 0.15) is 0 Å². The van der Waals surface area contributed by atoms with Gasteiger partial charge < -0.3 is 5.11 Å². The fourth-order valence-corrected chi connectivity index (χ4v) is 3.54. The molecule has 0 aliphatic rings. The van der Waals surface area contributed by atoms with Gasteiger partial charge in [-0.3, -0.25) is 14.0 Å². The minimum Gasteiger partial charge on any atom is -0.481 e. The van der Waals surface area contributed by atoms with Crippen LogP contribution in [0.15, 0.2) is 34.4 Å². The molecule has 0 spiro atoms. The molecule has 0 radical (unpaired) electrons. The van der Waals surface area contributed by atoms with Crippen LogP contribution in [0.1, 0.15) is 17.0 Å². The van der Waals surface area contributed by atoms with Gasteiger partial charge in [-0.1, -0.05) is 35.3 Å². The Kier molecular flexibility index (Phi) is 4.71. The number of hydrogen-bond donors (Lipinski definition) is 1. The van der Waals surface area contributed by atoms with Crippen LogP contribution < -0.4 is 5.56 Å². The molecule has 8 heteroatoms. The second-order valence-electron chi connectivity index (χ2n) is 4.93. The maximum absolute atomic E-state index is 12.2. The topological polar surface area (TPSA) is 71.7 Å². The molecule has 0 unspecified atom stereocenters. The van der Waals surface area contributed by atoms with Gasteiger partial charge in [-0.15, -0.1) is 11.3 Å². The summed E-state index contributed by atoms with van der Waals surface area (Å²) < 4.78 is 1.31. The van der Waals surface area contributed by atoms with E-state index in [1.54, 1.807) is 35.7 Å². The van der Waals surface area contributed by atoms with Crippen molar-refractivity contribution < 1.29 is 9.90 Å². The number of nitrogens with zero attached hydrogens (tertiary/aromatic N) is 2. The Morgan fingerprint density at radius 1 is 1.29 bits per heavy atom. The van der Waals surface area contributed by atoms with E-state index in [0.29, 0.717) is 26.4 Å². The number of aliphatic carboxylic acids is 1. The van der Waals surface area contributed by atoms with Crippen LogP contribution in [0.5, 0.6) is 0 Å². The van der Waals surface area contributed by atoms with Crippen molar-refractivity contribution in [1.29, 1.82) is 0 Å². The summed E-state index contributed by atoms with van der Waals surface area (Å²) >= 11 is 13.2. The van der Waals surface area contributed by atoms with Crippen molar-refractivity contribution in [3.8, 4) is 0 Å². The molecule has 0 aliphatic carbocycles. The number of fused-ring (bicyclic) bond motifs is 1. The van der Waals surface area contributed by atoms with Crippen LogP contribution in [-0.2, 0) is 11.2 Å². The number of hydrogen-bond acceptors (Lipinski definition) is 4. The highest BCUT2D eigenvalue weighted by atomic mass is 35.5. The largest absolute Gasteiger partial charge is 0.481 e. The van der Waals surface area contributed by atoms with Gasteiger partial charge in [0, 0.05) is 27.2 Å². The first-order valence-corrected chi connectivity index (χ1v) is 8.43. The first-order valence-electron chi connectivity index (χ1n) is 6.79. The van der Waals surface area contributed by atoms with Crippen molar-refractivity contribution in [2.45, 2.75) is 6.42 Å². The monoisotopic (exact) mass is 380 g/mol. The van der Waals surface area contributed by atoms with Gasteiger partial charge >= 0.3 is 5.97 Å². The van der Waals surface area contributed by atoms with Crippen molar-refractivity contribution in [3.05, 3.63) is 67.0 Å². The van der Waals surface area contributed by atoms with E-state index in [9.17, 15) is 9.59 Å². The maximum Gasteiger partial charge on any atom is 0.309 e. The van der Waals surface area contributed by atoms with Gasteiger partial charge in [0.15, 0.2) is 4.96 Å². The lowest BCUT2D eigenvalue weighted by Crippen LogP contribution is -2.17. The SMILES string of the molecule is O=C(O)Cc1csc2nc(/C=C/c3ccc(Cl)cc3Cl)cc(=O)n12. The molecule has 1 N–H and O–H groups in total. The smallest absolute Gasteiger partial charge is 0.309 e. The Balaban J connectivity index is 1.98. The molecule has 0 amide bonds. The third-order valence-electron chi connectivity index (χ3n) is 3.22. The summed E-state index contributed by atoms with van der Waals surface area (Å²) in [6, 6.07) is 6.47. The predicted octanol–water partition coefficient (Wildman–Crippen LogP) is 3.86. The zero-order valence-electron chi connectivity index (χ0n) is 12.1. The molecular weight excluding hydrogens is 371 g/mol. The molecule has 122 valence electrons. The number of thiazole rings is 1. The molecule has 0 aliphatic heterocycles. The highest BCUT2D eigenvalue weighted by Gasteiger charge is 2.11. The van der Waals surface area contributed by atoms with Crippen molar-refractivity contribution in [1.82, 2.24) is 9.38 Å². The van der Waals surface area contributed by atoms with E-state index in [1.807, 2.05) is 0 Å². The molecule has 2 heterocycles. The lowest BCUT2D eigenvalue weighted by molar-refractivity contribution is -0.136. The predicted molar refractivity (Wildman–Crippen MR) is 96.1 cm³/mol. The van der Waals surface area contributed by atoms with Crippen molar-refractivity contribution >= 4 is 57.6 Å². The number of aromatic nitrogens is 2. The van der Waals surface area contributed by atoms with E-state index in [0.717, 1.165) is 5.56 Å². The molecule has 24 heavy (non-hydrogen) atoms. The number of benzene rings is 1. The molecule has 0 saturated heterocycles. The average Bonchev–Trinajstić information content (AvgIpc) is 2.89. The molecule has 3 aromatic rings. The van der Waals surface area contributed by atoms with Gasteiger partial charge in [0.25, 0.3) is 5.56 Å². The Hall–Kier alpha value is -2.15. The summed E-state index contributed by atoms with van der Waals surface area (Å²) in [4.78, 5) is 27.9. The third kappa shape index (κ3) is 3.51. The molecule has 3 rings (SSSR count). The Morgan fingerprint density at radius 3 is 2.79 bits per heavy atom. The molecule has 0 saturated carbocycles. The second-order valence-corrected chi connectivity index (χ2v) is 6.61. The minimum atomic E-state index is -0.997. The van der Waals surface area contributed by atoms with Crippen molar-refractivity contribution in [3.63, 3.8) is 0 Å². The lowest BCUT2D eigenvalue weighted by atomic mass is 10.2. The summed E-state index contributed by atoms with van der Waals surface area (Å²) in [7, 11) is 0. The lowest BCUT2D eigenvalue weighted by Gasteiger charge is -2.00. The van der Waals surface area contributed by atoms with Gasteiger partial charge in [-0.05, 0) is 23.8 Å². The quantitative estimate of drug-likeness (QED) is 0.745. The van der Waals surface area contributed by atoms with Crippen LogP contribution in [0.25, 0.3) is 17.1 Å². The van der Waals surface area contributed by atoms with Gasteiger partial charge in [-0.2, -0.15) is 0 Å². The molecule has 5 nitrogen and oxygen atoms in total. The number of halogens is 2. The van der Waals surface area contributed by atoms with Gasteiger partial charge in [0.05, 0.1) is 12.1 Å². The van der Waals surface area contributed by atoms with Crippen LogP contribution >= 0.6 is 34.5 Å². The number of rotatable bonds is 4. The second kappa shape index (κ2) is 6.76. The minimum absolute atomic E-state index is 0.225. The standard InChI is InChI=1S/C16H10Cl2N2O3S/c17-10-3-1-9(13(18)5-10)2-4-11-6-14(21)20-12(7-15(22)23)8-24-16(20)19-11/h1-6,8H,7H2,(H,22,23)/b4-2+.